The molecule has 1 aliphatic heterocycles. The Bertz CT molecular complexity index is 308. The quantitative estimate of drug-likeness (QED) is 0.564. The van der Waals surface area contributed by atoms with Gasteiger partial charge in [0.1, 0.15) is 0 Å². The van der Waals surface area contributed by atoms with Gasteiger partial charge in [0, 0.05) is 12.4 Å². The fourth-order valence-corrected chi connectivity index (χ4v) is 0.739. The van der Waals surface area contributed by atoms with E-state index in [1.165, 1.54) is 24.9 Å². The van der Waals surface area contributed by atoms with Crippen molar-refractivity contribution in [2.24, 2.45) is 20.2 Å². The predicted octanol–water partition coefficient (Wildman–Crippen LogP) is -0.138. The normalized spacial score (nSPS) is 26.0. The minimum Gasteiger partial charge on any atom is -0.252 e. The number of thiocarbonyl (C=S) groups is 2. The zero-order chi connectivity index (χ0) is 10.2. The van der Waals surface area contributed by atoms with E-state index in [0.29, 0.717) is 0 Å². The van der Waals surface area contributed by atoms with Crippen molar-refractivity contribution < 1.29 is 0 Å². The van der Waals surface area contributed by atoms with Crippen LogP contribution in [0.25, 0.3) is 0 Å². The molecule has 0 aliphatic carbocycles. The van der Waals surface area contributed by atoms with E-state index < -0.39 is 0 Å². The standard InChI is InChI=1S/C6H6N6S2/c13-5-7-1-2-8-6(14)12-10-4-3-9-11-5/h1-4H,(H,7,11,13)(H,8,12,14). The predicted molar refractivity (Wildman–Crippen MR) is 65.4 cm³/mol. The van der Waals surface area contributed by atoms with Crippen molar-refractivity contribution in [2.45, 2.75) is 0 Å². The number of hydrogen-bond acceptors (Lipinski definition) is 4. The van der Waals surface area contributed by atoms with Gasteiger partial charge in [-0.1, -0.05) is 0 Å². The Balaban J connectivity index is 2.70. The van der Waals surface area contributed by atoms with Crippen LogP contribution in [0.15, 0.2) is 20.2 Å². The third kappa shape index (κ3) is 4.48. The lowest BCUT2D eigenvalue weighted by Gasteiger charge is -1.95. The van der Waals surface area contributed by atoms with Crippen molar-refractivity contribution >= 4 is 59.5 Å². The highest BCUT2D eigenvalue weighted by Gasteiger charge is 1.87. The SMILES string of the molecule is S=C1/N=C\C=N\C(=S)N/N=C/C=N\N1. The first-order chi connectivity index (χ1) is 6.79. The maximum Gasteiger partial charge on any atom is 0.213 e. The first-order valence-corrected chi connectivity index (χ1v) is 4.32. The molecule has 0 unspecified atom stereocenters. The number of aliphatic imine (C=N–C) groups is 2. The van der Waals surface area contributed by atoms with E-state index in [4.69, 9.17) is 24.4 Å². The van der Waals surface area contributed by atoms with Gasteiger partial charge in [-0.25, -0.2) is 9.98 Å². The fourth-order valence-electron chi connectivity index (χ4n) is 0.511. The molecule has 0 saturated carbocycles. The van der Waals surface area contributed by atoms with E-state index in [9.17, 15) is 0 Å². The van der Waals surface area contributed by atoms with Gasteiger partial charge in [-0.05, 0) is 24.4 Å². The van der Waals surface area contributed by atoms with Gasteiger partial charge in [0.25, 0.3) is 0 Å². The Labute approximate surface area is 90.9 Å². The lowest BCUT2D eigenvalue weighted by Crippen LogP contribution is -2.16. The summed E-state index contributed by atoms with van der Waals surface area (Å²) in [4.78, 5) is 7.58. The van der Waals surface area contributed by atoms with Crippen molar-refractivity contribution in [1.82, 2.24) is 10.9 Å². The van der Waals surface area contributed by atoms with Gasteiger partial charge in [0.05, 0.1) is 12.4 Å². The number of nitrogens with zero attached hydrogens (tertiary/aromatic N) is 4. The Morgan fingerprint density at radius 3 is 1.64 bits per heavy atom. The minimum atomic E-state index is 0.237. The summed E-state index contributed by atoms with van der Waals surface area (Å²) in [6.45, 7) is 0. The van der Waals surface area contributed by atoms with Crippen LogP contribution in [0.1, 0.15) is 0 Å². The monoisotopic (exact) mass is 226 g/mol. The highest BCUT2D eigenvalue weighted by Crippen LogP contribution is 1.76. The second-order valence-electron chi connectivity index (χ2n) is 1.95. The second kappa shape index (κ2) is 6.00. The summed E-state index contributed by atoms with van der Waals surface area (Å²) in [7, 11) is 0. The molecule has 72 valence electrons. The molecule has 14 heavy (non-hydrogen) atoms. The van der Waals surface area contributed by atoms with Crippen LogP contribution >= 0.6 is 24.4 Å². The third-order valence-electron chi connectivity index (χ3n) is 0.986. The molecule has 0 bridgehead atoms. The first-order valence-electron chi connectivity index (χ1n) is 3.50. The molecule has 0 aromatic carbocycles. The Hall–Kier alpha value is -1.54. The smallest absolute Gasteiger partial charge is 0.213 e. The van der Waals surface area contributed by atoms with Crippen LogP contribution in [0.2, 0.25) is 0 Å². The maximum atomic E-state index is 4.79. The summed E-state index contributed by atoms with van der Waals surface area (Å²) in [6, 6.07) is 0. The number of rotatable bonds is 0. The van der Waals surface area contributed by atoms with Crippen LogP contribution in [0.4, 0.5) is 0 Å². The van der Waals surface area contributed by atoms with Gasteiger partial charge in [0.2, 0.25) is 10.2 Å². The van der Waals surface area contributed by atoms with Crippen molar-refractivity contribution in [1.29, 1.82) is 0 Å². The zero-order valence-electron chi connectivity index (χ0n) is 6.91. The molecule has 0 radical (unpaired) electrons. The summed E-state index contributed by atoms with van der Waals surface area (Å²) in [5.41, 5.74) is 5.00. The topological polar surface area (TPSA) is 73.5 Å². The van der Waals surface area contributed by atoms with Crippen LogP contribution in [0.5, 0.6) is 0 Å². The second-order valence-corrected chi connectivity index (χ2v) is 2.72. The molecule has 0 atom stereocenters. The minimum absolute atomic E-state index is 0.237. The molecule has 1 heterocycles. The van der Waals surface area contributed by atoms with Crippen LogP contribution in [0.3, 0.4) is 0 Å². The highest BCUT2D eigenvalue weighted by molar-refractivity contribution is 7.80. The summed E-state index contributed by atoms with van der Waals surface area (Å²) in [5.74, 6) is 0. The number of hydrogen-bond donors (Lipinski definition) is 2. The Morgan fingerprint density at radius 2 is 1.21 bits per heavy atom. The number of hydrazone groups is 2. The molecule has 0 fully saturated rings. The summed E-state index contributed by atoms with van der Waals surface area (Å²) in [6.07, 6.45) is 5.62. The molecule has 0 spiro atoms. The van der Waals surface area contributed by atoms with Gasteiger partial charge in [-0.2, -0.15) is 10.2 Å². The van der Waals surface area contributed by atoms with Crippen molar-refractivity contribution in [3.63, 3.8) is 0 Å². The van der Waals surface area contributed by atoms with Crippen LogP contribution in [-0.4, -0.2) is 35.1 Å². The highest BCUT2D eigenvalue weighted by atomic mass is 32.1. The number of nitrogens with one attached hydrogen (secondary N) is 2. The van der Waals surface area contributed by atoms with E-state index >= 15 is 0 Å². The summed E-state index contributed by atoms with van der Waals surface area (Å²) in [5, 5.41) is 7.88. The third-order valence-corrected chi connectivity index (χ3v) is 1.38. The molecule has 0 aromatic heterocycles. The lowest BCUT2D eigenvalue weighted by atomic mass is 10.8. The van der Waals surface area contributed by atoms with Gasteiger partial charge in [-0.15, -0.1) is 0 Å². The fraction of sp³-hybridized carbons (Fsp3) is 0. The van der Waals surface area contributed by atoms with E-state index in [1.807, 2.05) is 0 Å². The molecule has 0 amide bonds. The largest absolute Gasteiger partial charge is 0.252 e. The molecule has 0 saturated heterocycles. The molecular weight excluding hydrogens is 220 g/mol. The summed E-state index contributed by atoms with van der Waals surface area (Å²) < 4.78 is 0. The van der Waals surface area contributed by atoms with E-state index in [1.54, 1.807) is 0 Å². The molecule has 0 aromatic rings. The van der Waals surface area contributed by atoms with Gasteiger partial charge in [-0.3, -0.25) is 10.9 Å². The maximum absolute atomic E-state index is 4.79. The van der Waals surface area contributed by atoms with Crippen molar-refractivity contribution in [3.8, 4) is 0 Å². The van der Waals surface area contributed by atoms with Crippen LogP contribution < -0.4 is 10.9 Å². The lowest BCUT2D eigenvalue weighted by molar-refractivity contribution is 1.03. The van der Waals surface area contributed by atoms with Gasteiger partial charge < -0.3 is 0 Å². The van der Waals surface area contributed by atoms with Crippen molar-refractivity contribution in [2.75, 3.05) is 0 Å². The van der Waals surface area contributed by atoms with E-state index in [-0.39, 0.29) is 10.2 Å². The molecule has 1 rings (SSSR count). The molecule has 6 nitrogen and oxygen atoms in total. The summed E-state index contributed by atoms with van der Waals surface area (Å²) >= 11 is 9.57. The van der Waals surface area contributed by atoms with Crippen LogP contribution in [-0.2, 0) is 0 Å². The molecular formula is C6H6N6S2. The Morgan fingerprint density at radius 1 is 0.786 bits per heavy atom. The molecule has 1 aliphatic rings. The van der Waals surface area contributed by atoms with Crippen LogP contribution in [0, 0.1) is 0 Å². The molecule has 2 N–H and O–H groups in total. The van der Waals surface area contributed by atoms with E-state index in [2.05, 4.69) is 31.0 Å². The zero-order valence-corrected chi connectivity index (χ0v) is 8.55. The Kier molecular flexibility index (Phi) is 4.51. The van der Waals surface area contributed by atoms with Gasteiger partial charge in [0.15, 0.2) is 0 Å². The average molecular weight is 226 g/mol. The van der Waals surface area contributed by atoms with Crippen molar-refractivity contribution in [3.05, 3.63) is 0 Å². The average Bonchev–Trinajstić information content (AvgIpc) is 2.16. The van der Waals surface area contributed by atoms with E-state index in [0.717, 1.165) is 0 Å². The first kappa shape index (κ1) is 10.5. The molecule has 8 heteroatoms. The van der Waals surface area contributed by atoms with Gasteiger partial charge >= 0.3 is 0 Å².